The summed E-state index contributed by atoms with van der Waals surface area (Å²) in [4.78, 5) is 60.8. The third-order valence-corrected chi connectivity index (χ3v) is 5.46. The fraction of sp³-hybridized carbons (Fsp3) is 0.571. The van der Waals surface area contributed by atoms with Crippen LogP contribution in [0, 0.1) is 11.8 Å². The van der Waals surface area contributed by atoms with Crippen molar-refractivity contribution in [3.05, 3.63) is 23.4 Å². The maximum Gasteiger partial charge on any atom is 0.303 e. The van der Waals surface area contributed by atoms with Crippen LogP contribution >= 0.6 is 0 Å². The Labute approximate surface area is 179 Å². The second kappa shape index (κ2) is 9.97. The van der Waals surface area contributed by atoms with Gasteiger partial charge in [0.2, 0.25) is 5.91 Å². The normalized spacial score (nSPS) is 27.0. The summed E-state index contributed by atoms with van der Waals surface area (Å²) in [6, 6.07) is 0. The van der Waals surface area contributed by atoms with Crippen LogP contribution in [-0.2, 0) is 28.7 Å². The number of Topliss-reactive ketones (excluding diaryl/α,β-unsaturated/α-hetero) is 2. The number of rotatable bonds is 9. The summed E-state index contributed by atoms with van der Waals surface area (Å²) >= 11 is 0. The van der Waals surface area contributed by atoms with E-state index in [4.69, 9.17) is 4.74 Å². The highest BCUT2D eigenvalue weighted by molar-refractivity contribution is 6.10. The standard InChI is InChI=1S/C21H27NO9/c1-10(2)4-5-22-9-14(15(24)8-16(22)25)20-12(6-17(26)27)13(7-18(28)29)21(31-20)19(30)11(3)23/h4,9,12-13,19-21,30H,5-8H2,1-3H3,(H,26,27)(H,28,29)/t12-,13+,19?,20-,21+/m0/s1. The van der Waals surface area contributed by atoms with E-state index in [1.54, 1.807) is 6.08 Å². The van der Waals surface area contributed by atoms with Crippen molar-refractivity contribution >= 4 is 29.4 Å². The molecule has 2 aliphatic heterocycles. The number of carboxylic acids is 2. The number of hydrogen-bond acceptors (Lipinski definition) is 7. The molecule has 1 fully saturated rings. The minimum Gasteiger partial charge on any atom is -0.481 e. The van der Waals surface area contributed by atoms with Gasteiger partial charge in [0.15, 0.2) is 11.6 Å². The van der Waals surface area contributed by atoms with Crippen molar-refractivity contribution in [2.75, 3.05) is 6.54 Å². The molecule has 0 aromatic carbocycles. The van der Waals surface area contributed by atoms with E-state index in [-0.39, 0.29) is 12.1 Å². The Morgan fingerprint density at radius 3 is 2.23 bits per heavy atom. The first kappa shape index (κ1) is 24.4. The van der Waals surface area contributed by atoms with Crippen molar-refractivity contribution in [1.29, 1.82) is 0 Å². The molecule has 1 unspecified atom stereocenters. The van der Waals surface area contributed by atoms with Crippen LogP contribution in [0.1, 0.15) is 40.0 Å². The lowest BCUT2D eigenvalue weighted by molar-refractivity contribution is -0.143. The van der Waals surface area contributed by atoms with Gasteiger partial charge in [-0.1, -0.05) is 11.6 Å². The Hall–Kier alpha value is -2.85. The van der Waals surface area contributed by atoms with Gasteiger partial charge in [0, 0.05) is 30.2 Å². The third kappa shape index (κ3) is 5.86. The third-order valence-electron chi connectivity index (χ3n) is 5.46. The number of ether oxygens (including phenoxy) is 1. The quantitative estimate of drug-likeness (QED) is 0.346. The fourth-order valence-electron chi connectivity index (χ4n) is 3.93. The molecule has 0 spiro atoms. The molecular formula is C21H27NO9. The van der Waals surface area contributed by atoms with Crippen LogP contribution in [0.2, 0.25) is 0 Å². The number of aliphatic hydroxyl groups excluding tert-OH is 1. The first-order valence-corrected chi connectivity index (χ1v) is 9.87. The van der Waals surface area contributed by atoms with Gasteiger partial charge in [-0.3, -0.25) is 24.0 Å². The van der Waals surface area contributed by atoms with Crippen LogP contribution in [0.4, 0.5) is 0 Å². The smallest absolute Gasteiger partial charge is 0.303 e. The largest absolute Gasteiger partial charge is 0.481 e. The summed E-state index contributed by atoms with van der Waals surface area (Å²) < 4.78 is 5.79. The lowest BCUT2D eigenvalue weighted by atomic mass is 9.78. The van der Waals surface area contributed by atoms with Crippen molar-refractivity contribution in [2.24, 2.45) is 11.8 Å². The molecule has 5 atom stereocenters. The van der Waals surface area contributed by atoms with Crippen molar-refractivity contribution in [2.45, 2.75) is 58.3 Å². The predicted octanol–water partition coefficient (Wildman–Crippen LogP) is 0.537. The average molecular weight is 437 g/mol. The number of aliphatic hydroxyl groups is 1. The summed E-state index contributed by atoms with van der Waals surface area (Å²) in [7, 11) is 0. The van der Waals surface area contributed by atoms with Gasteiger partial charge >= 0.3 is 11.9 Å². The number of amides is 1. The molecule has 0 saturated carbocycles. The van der Waals surface area contributed by atoms with E-state index < -0.39 is 78.8 Å². The highest BCUT2D eigenvalue weighted by Gasteiger charge is 2.52. The summed E-state index contributed by atoms with van der Waals surface area (Å²) in [6.07, 6.45) is -2.58. The van der Waals surface area contributed by atoms with E-state index >= 15 is 0 Å². The Morgan fingerprint density at radius 2 is 1.71 bits per heavy atom. The number of carbonyl (C=O) groups excluding carboxylic acids is 3. The Kier molecular flexibility index (Phi) is 7.85. The lowest BCUT2D eigenvalue weighted by Gasteiger charge is -2.28. The molecule has 0 aromatic rings. The number of aliphatic carboxylic acids is 2. The number of hydrogen-bond donors (Lipinski definition) is 3. The van der Waals surface area contributed by atoms with Gasteiger partial charge in [-0.15, -0.1) is 0 Å². The van der Waals surface area contributed by atoms with E-state index in [0.29, 0.717) is 0 Å². The summed E-state index contributed by atoms with van der Waals surface area (Å²) in [5.74, 6) is -6.16. The van der Waals surface area contributed by atoms with E-state index in [9.17, 15) is 39.3 Å². The van der Waals surface area contributed by atoms with E-state index in [0.717, 1.165) is 12.5 Å². The lowest BCUT2D eigenvalue weighted by Crippen LogP contribution is -2.39. The zero-order valence-electron chi connectivity index (χ0n) is 17.6. The van der Waals surface area contributed by atoms with Crippen LogP contribution < -0.4 is 0 Å². The molecule has 1 amide bonds. The summed E-state index contributed by atoms with van der Waals surface area (Å²) in [5.41, 5.74) is 0.980. The van der Waals surface area contributed by atoms with E-state index in [1.807, 2.05) is 13.8 Å². The van der Waals surface area contributed by atoms with Gasteiger partial charge in [0.05, 0.1) is 31.5 Å². The molecule has 0 aliphatic carbocycles. The van der Waals surface area contributed by atoms with Crippen LogP contribution in [0.3, 0.4) is 0 Å². The predicted molar refractivity (Wildman–Crippen MR) is 106 cm³/mol. The van der Waals surface area contributed by atoms with Gasteiger partial charge < -0.3 is 25.0 Å². The van der Waals surface area contributed by atoms with Gasteiger partial charge in [-0.2, -0.15) is 0 Å². The second-order valence-electron chi connectivity index (χ2n) is 8.11. The number of ketones is 2. The Balaban J connectivity index is 2.49. The molecule has 3 N–H and O–H groups in total. The van der Waals surface area contributed by atoms with Crippen LogP contribution in [0.5, 0.6) is 0 Å². The SMILES string of the molecule is CC(=O)C(O)[C@@H]1O[C@H](C2=CN(CC=C(C)C)C(=O)CC2=O)[C@@H](CC(=O)O)[C@H]1CC(=O)O. The Bertz CT molecular complexity index is 840. The zero-order valence-corrected chi connectivity index (χ0v) is 17.6. The minimum absolute atomic E-state index is 0.0293. The highest BCUT2D eigenvalue weighted by Crippen LogP contribution is 2.43. The first-order chi connectivity index (χ1) is 14.4. The molecule has 2 aliphatic rings. The van der Waals surface area contributed by atoms with Crippen LogP contribution in [-0.4, -0.2) is 74.5 Å². The molecule has 1 saturated heterocycles. The molecule has 0 radical (unpaired) electrons. The van der Waals surface area contributed by atoms with Gasteiger partial charge in [0.25, 0.3) is 0 Å². The molecule has 31 heavy (non-hydrogen) atoms. The zero-order chi connectivity index (χ0) is 23.5. The monoisotopic (exact) mass is 437 g/mol. The van der Waals surface area contributed by atoms with Crippen molar-refractivity contribution < 1.29 is 44.0 Å². The molecule has 10 heteroatoms. The molecule has 0 aromatic heterocycles. The molecule has 10 nitrogen and oxygen atoms in total. The molecule has 2 heterocycles. The topological polar surface area (TPSA) is 159 Å². The second-order valence-corrected chi connectivity index (χ2v) is 8.11. The van der Waals surface area contributed by atoms with Crippen molar-refractivity contribution in [3.63, 3.8) is 0 Å². The Morgan fingerprint density at radius 1 is 1.13 bits per heavy atom. The van der Waals surface area contributed by atoms with E-state index in [1.165, 1.54) is 11.1 Å². The number of allylic oxidation sites excluding steroid dienone is 1. The van der Waals surface area contributed by atoms with Gasteiger partial charge in [-0.05, 0) is 20.8 Å². The fourth-order valence-corrected chi connectivity index (χ4v) is 3.93. The highest BCUT2D eigenvalue weighted by atomic mass is 16.5. The minimum atomic E-state index is -1.67. The molecule has 170 valence electrons. The molecule has 2 rings (SSSR count). The van der Waals surface area contributed by atoms with E-state index in [2.05, 4.69) is 0 Å². The summed E-state index contributed by atoms with van der Waals surface area (Å²) in [5, 5.41) is 29.0. The first-order valence-electron chi connectivity index (χ1n) is 9.87. The molecular weight excluding hydrogens is 410 g/mol. The van der Waals surface area contributed by atoms with Crippen LogP contribution in [0.25, 0.3) is 0 Å². The number of carboxylic acid groups (broad SMARTS) is 2. The number of nitrogens with zero attached hydrogens (tertiary/aromatic N) is 1. The van der Waals surface area contributed by atoms with Gasteiger partial charge in [0.1, 0.15) is 6.10 Å². The average Bonchev–Trinajstić information content (AvgIpc) is 2.97. The summed E-state index contributed by atoms with van der Waals surface area (Å²) in [6.45, 7) is 5.00. The molecule has 0 bridgehead atoms. The maximum absolute atomic E-state index is 12.6. The maximum atomic E-state index is 12.6. The van der Waals surface area contributed by atoms with Crippen LogP contribution in [0.15, 0.2) is 23.4 Å². The van der Waals surface area contributed by atoms with Crippen molar-refractivity contribution in [3.8, 4) is 0 Å². The number of carbonyl (C=O) groups is 5. The van der Waals surface area contributed by atoms with Crippen molar-refractivity contribution in [1.82, 2.24) is 4.90 Å². The van der Waals surface area contributed by atoms with Gasteiger partial charge in [-0.25, -0.2) is 0 Å².